The van der Waals surface area contributed by atoms with Crippen LogP contribution in [0.5, 0.6) is 0 Å². The second-order valence-corrected chi connectivity index (χ2v) is 18.5. The van der Waals surface area contributed by atoms with Crippen molar-refractivity contribution in [3.63, 3.8) is 0 Å². The van der Waals surface area contributed by atoms with Crippen LogP contribution in [0.2, 0.25) is 0 Å². The zero-order chi connectivity index (χ0) is 45.4. The minimum Gasteiger partial charge on any atom is -0.381 e. The molecule has 342 valence electrons. The van der Waals surface area contributed by atoms with E-state index in [1.54, 1.807) is 37.5 Å². The van der Waals surface area contributed by atoms with Crippen LogP contribution < -0.4 is 10.2 Å². The number of piperidine rings is 2. The number of alkyl halides is 2. The number of imide groups is 2. The number of hydrogen-bond donors (Lipinski definition) is 1. The molecule has 5 aromatic rings. The molecule has 5 amide bonds. The minimum absolute atomic E-state index is 0.00128. The van der Waals surface area contributed by atoms with E-state index in [1.807, 2.05) is 29.3 Å². The Kier molecular flexibility index (Phi) is 10.8. The maximum Gasteiger partial charge on any atom is 0.264 e. The molecule has 0 bridgehead atoms. The molecular formula is C49H51F2N9O6. The van der Waals surface area contributed by atoms with Crippen molar-refractivity contribution in [2.24, 2.45) is 0 Å². The first-order valence-corrected chi connectivity index (χ1v) is 23.2. The summed E-state index contributed by atoms with van der Waals surface area (Å²) in [6.07, 6.45) is 8.31. The Labute approximate surface area is 379 Å². The average molecular weight is 900 g/mol. The molecule has 0 radical (unpaired) electrons. The van der Waals surface area contributed by atoms with Crippen molar-refractivity contribution in [1.82, 2.24) is 39.3 Å². The molecular weight excluding hydrogens is 849 g/mol. The number of benzene rings is 2. The molecule has 3 aromatic heterocycles. The topological polar surface area (TPSA) is 155 Å². The lowest BCUT2D eigenvalue weighted by Gasteiger charge is -2.33. The van der Waals surface area contributed by atoms with E-state index in [0.717, 1.165) is 82.7 Å². The highest BCUT2D eigenvalue weighted by Crippen LogP contribution is 2.46. The number of hydrogen-bond acceptors (Lipinski definition) is 10. The second-order valence-electron chi connectivity index (χ2n) is 18.5. The number of aromatic nitrogens is 4. The molecule has 0 aliphatic carbocycles. The predicted molar refractivity (Wildman–Crippen MR) is 238 cm³/mol. The maximum absolute atomic E-state index is 15.5. The highest BCUT2D eigenvalue weighted by atomic mass is 19.3. The van der Waals surface area contributed by atoms with Crippen molar-refractivity contribution >= 4 is 51.9 Å². The monoisotopic (exact) mass is 899 g/mol. The Morgan fingerprint density at radius 1 is 0.894 bits per heavy atom. The van der Waals surface area contributed by atoms with Gasteiger partial charge in [0.2, 0.25) is 17.7 Å². The van der Waals surface area contributed by atoms with E-state index in [4.69, 9.17) is 9.84 Å². The van der Waals surface area contributed by atoms with Crippen LogP contribution in [-0.2, 0) is 45.1 Å². The number of carbonyl (C=O) groups is 5. The first kappa shape index (κ1) is 42.3. The molecule has 17 heteroatoms. The Balaban J connectivity index is 0.870. The van der Waals surface area contributed by atoms with Gasteiger partial charge in [0.25, 0.3) is 18.2 Å². The summed E-state index contributed by atoms with van der Waals surface area (Å²) in [4.78, 5) is 76.0. The third kappa shape index (κ3) is 7.17. The van der Waals surface area contributed by atoms with Crippen molar-refractivity contribution in [1.29, 1.82) is 0 Å². The van der Waals surface area contributed by atoms with E-state index in [0.29, 0.717) is 81.2 Å². The van der Waals surface area contributed by atoms with Crippen LogP contribution in [0.3, 0.4) is 0 Å². The van der Waals surface area contributed by atoms with Gasteiger partial charge in [-0.2, -0.15) is 5.10 Å². The lowest BCUT2D eigenvalue weighted by molar-refractivity contribution is -0.136. The summed E-state index contributed by atoms with van der Waals surface area (Å²) < 4.78 is 41.1. The Bertz CT molecular complexity index is 2820. The maximum atomic E-state index is 15.5. The number of nitrogens with zero attached hydrogens (tertiary/aromatic N) is 8. The number of likely N-dealkylation sites (tertiary alicyclic amines) is 1. The van der Waals surface area contributed by atoms with Crippen molar-refractivity contribution in [3.05, 3.63) is 94.1 Å². The third-order valence-electron chi connectivity index (χ3n) is 14.7. The van der Waals surface area contributed by atoms with Crippen LogP contribution in [0.25, 0.3) is 22.0 Å². The molecule has 3 fully saturated rings. The molecule has 11 rings (SSSR count). The van der Waals surface area contributed by atoms with Gasteiger partial charge in [0, 0.05) is 124 Å². The van der Waals surface area contributed by atoms with E-state index in [2.05, 4.69) is 29.3 Å². The standard InChI is InChI=1S/C49H51F2N9O6/c1-28(61)56-19-12-40-38(26-56)46(54-60(40)32-13-20-66-21-14-32)57-16-3-5-29-22-34(35(45(50)51)23-42(29)57)37-27-58(39-9-15-52-24-36(37)39)31-10-17-55(18-11-31)25-30-4-2-6-33-44(30)49(65)59(48(33)64)41-7-8-43(62)53-47(41)63/h2,4,6,9,15,22-24,27,31-32,41,45H,3,5,7-8,10-14,16-21,25-26H2,1H3,(H,53,62,63). The van der Waals surface area contributed by atoms with E-state index >= 15 is 8.78 Å². The van der Waals surface area contributed by atoms with Crippen LogP contribution in [0.4, 0.5) is 20.3 Å². The number of carbonyl (C=O) groups excluding carboxylic acids is 5. The summed E-state index contributed by atoms with van der Waals surface area (Å²) in [6, 6.07) is 9.97. The van der Waals surface area contributed by atoms with Crippen molar-refractivity contribution < 1.29 is 37.5 Å². The fourth-order valence-corrected chi connectivity index (χ4v) is 11.4. The molecule has 1 N–H and O–H groups in total. The number of rotatable bonds is 8. The Morgan fingerprint density at radius 2 is 1.71 bits per heavy atom. The van der Waals surface area contributed by atoms with Crippen LogP contribution in [0.15, 0.2) is 55.0 Å². The summed E-state index contributed by atoms with van der Waals surface area (Å²) >= 11 is 0. The minimum atomic E-state index is -2.76. The Morgan fingerprint density at radius 3 is 2.48 bits per heavy atom. The summed E-state index contributed by atoms with van der Waals surface area (Å²) in [6.45, 7) is 6.36. The molecule has 0 spiro atoms. The number of ether oxygens (including phenoxy) is 1. The molecule has 6 aliphatic heterocycles. The van der Waals surface area contributed by atoms with E-state index in [9.17, 15) is 24.0 Å². The highest BCUT2D eigenvalue weighted by Gasteiger charge is 2.46. The summed E-state index contributed by atoms with van der Waals surface area (Å²) in [5.74, 6) is -1.36. The van der Waals surface area contributed by atoms with Crippen LogP contribution in [-0.4, -0.2) is 109 Å². The van der Waals surface area contributed by atoms with E-state index in [-0.39, 0.29) is 42.0 Å². The fraction of sp³-hybridized carbons (Fsp3) is 0.449. The number of nitrogens with one attached hydrogen (secondary N) is 1. The van der Waals surface area contributed by atoms with Gasteiger partial charge in [0.1, 0.15) is 6.04 Å². The SMILES string of the molecule is CC(=O)N1CCc2c(c(N3CCCc4cc(-c5cn(C6CCN(Cc7cccc8c7C(=O)N(C7CCC(=O)NC7=O)C8=O)CC6)c6ccncc56)c(C(F)F)cc43)nn2C2CCOCC2)C1. The number of amides is 5. The number of anilines is 2. The molecule has 3 saturated heterocycles. The van der Waals surface area contributed by atoms with Crippen molar-refractivity contribution in [2.75, 3.05) is 44.3 Å². The normalized spacial score (nSPS) is 20.9. The van der Waals surface area contributed by atoms with Crippen molar-refractivity contribution in [3.8, 4) is 11.1 Å². The summed E-state index contributed by atoms with van der Waals surface area (Å²) in [7, 11) is 0. The van der Waals surface area contributed by atoms with Crippen LogP contribution >= 0.6 is 0 Å². The molecule has 15 nitrogen and oxygen atoms in total. The van der Waals surface area contributed by atoms with Gasteiger partial charge >= 0.3 is 0 Å². The van der Waals surface area contributed by atoms with Gasteiger partial charge in [-0.1, -0.05) is 12.1 Å². The fourth-order valence-electron chi connectivity index (χ4n) is 11.4. The largest absolute Gasteiger partial charge is 0.381 e. The molecule has 1 unspecified atom stereocenters. The smallest absolute Gasteiger partial charge is 0.264 e. The molecule has 0 saturated carbocycles. The molecule has 66 heavy (non-hydrogen) atoms. The number of pyridine rings is 1. The number of aryl methyl sites for hydroxylation is 1. The van der Waals surface area contributed by atoms with Gasteiger partial charge in [-0.15, -0.1) is 0 Å². The van der Waals surface area contributed by atoms with E-state index in [1.165, 1.54) is 0 Å². The Hall–Kier alpha value is -6.33. The predicted octanol–water partition coefficient (Wildman–Crippen LogP) is 6.42. The van der Waals surface area contributed by atoms with Gasteiger partial charge in [-0.05, 0) is 85.9 Å². The van der Waals surface area contributed by atoms with Gasteiger partial charge in [-0.3, -0.25) is 48.8 Å². The molecule has 1 atom stereocenters. The van der Waals surface area contributed by atoms with Gasteiger partial charge in [0.15, 0.2) is 5.82 Å². The number of fused-ring (bicyclic) bond motifs is 4. The van der Waals surface area contributed by atoms with Gasteiger partial charge in [-0.25, -0.2) is 8.78 Å². The zero-order valence-corrected chi connectivity index (χ0v) is 36.8. The summed E-state index contributed by atoms with van der Waals surface area (Å²) in [5, 5.41) is 8.30. The first-order valence-electron chi connectivity index (χ1n) is 23.2. The highest BCUT2D eigenvalue weighted by molar-refractivity contribution is 6.24. The average Bonchev–Trinajstić information content (AvgIpc) is 3.98. The third-order valence-corrected chi connectivity index (χ3v) is 14.7. The quantitative estimate of drug-likeness (QED) is 0.173. The van der Waals surface area contributed by atoms with Gasteiger partial charge in [0.05, 0.1) is 29.2 Å². The molecule has 9 heterocycles. The van der Waals surface area contributed by atoms with Gasteiger partial charge < -0.3 is 19.1 Å². The van der Waals surface area contributed by atoms with Crippen LogP contribution in [0, 0.1) is 0 Å². The number of halogens is 2. The molecule has 2 aromatic carbocycles. The van der Waals surface area contributed by atoms with Crippen molar-refractivity contribution in [2.45, 2.75) is 102 Å². The van der Waals surface area contributed by atoms with Crippen LogP contribution in [0.1, 0.15) is 119 Å². The lowest BCUT2D eigenvalue weighted by Crippen LogP contribution is -2.54. The lowest BCUT2D eigenvalue weighted by atomic mass is 9.91. The molecule has 6 aliphatic rings. The summed E-state index contributed by atoms with van der Waals surface area (Å²) in [5.41, 5.74) is 7.13. The zero-order valence-electron chi connectivity index (χ0n) is 36.8. The second kappa shape index (κ2) is 16.8. The first-order chi connectivity index (χ1) is 32.0. The van der Waals surface area contributed by atoms with E-state index < -0.39 is 36.1 Å².